The van der Waals surface area contributed by atoms with Crippen LogP contribution in [0.4, 0.5) is 0 Å². The summed E-state index contributed by atoms with van der Waals surface area (Å²) in [5, 5.41) is 1.65. The number of aryl methyl sites for hydroxylation is 1. The van der Waals surface area contributed by atoms with Crippen molar-refractivity contribution >= 4 is 16.5 Å². The summed E-state index contributed by atoms with van der Waals surface area (Å²) in [5.41, 5.74) is 4.30. The first-order chi connectivity index (χ1) is 12.1. The van der Waals surface area contributed by atoms with E-state index in [1.54, 1.807) is 5.19 Å². The Morgan fingerprint density at radius 3 is 1.68 bits per heavy atom. The Bertz CT molecular complexity index is 658. The van der Waals surface area contributed by atoms with E-state index in [0.717, 1.165) is 23.9 Å². The summed E-state index contributed by atoms with van der Waals surface area (Å²) >= 11 is 1.08. The second-order valence-electron chi connectivity index (χ2n) is 7.09. The first kappa shape index (κ1) is 20.7. The summed E-state index contributed by atoms with van der Waals surface area (Å²) in [6.07, 6.45) is 3.76. The third-order valence-corrected chi connectivity index (χ3v) is 13.6. The van der Waals surface area contributed by atoms with Gasteiger partial charge in [-0.25, -0.2) is 0 Å². The van der Waals surface area contributed by atoms with Crippen LogP contribution < -0.4 is 5.19 Å². The van der Waals surface area contributed by atoms with Gasteiger partial charge in [0.2, 0.25) is 0 Å². The van der Waals surface area contributed by atoms with Crippen molar-refractivity contribution < 1.29 is 23.9 Å². The van der Waals surface area contributed by atoms with Gasteiger partial charge >= 0.3 is 171 Å². The van der Waals surface area contributed by atoms with Gasteiger partial charge in [-0.2, -0.15) is 0 Å². The molecule has 0 aromatic heterocycles. The molecule has 0 nitrogen and oxygen atoms in total. The Morgan fingerprint density at radius 1 is 0.760 bits per heavy atom. The maximum absolute atomic E-state index is 2.44. The zero-order valence-electron chi connectivity index (χ0n) is 16.4. The molecule has 2 aromatic carbocycles. The fraction of sp³-hybridized carbons (Fsp3) is 0.435. The van der Waals surface area contributed by atoms with Crippen molar-refractivity contribution in [2.24, 2.45) is 0 Å². The van der Waals surface area contributed by atoms with E-state index in [-0.39, 0.29) is 0 Å². The van der Waals surface area contributed by atoms with Gasteiger partial charge in [-0.3, -0.25) is 0 Å². The summed E-state index contributed by atoms with van der Waals surface area (Å²) in [4.78, 5) is 0. The van der Waals surface area contributed by atoms with E-state index in [9.17, 15) is 0 Å². The molecular formula is C23H32HfSi+2. The average molecular weight is 515 g/mol. The topological polar surface area (TPSA) is 0 Å². The van der Waals surface area contributed by atoms with E-state index in [2.05, 4.69) is 76.2 Å². The molecule has 0 atom stereocenters. The standard InChI is InChI=1S/C23H32Si.Hf/c1-5-9-10-20-11-13-21(14-12-20)19-22-15-17-23(18-16-22)24(6-2,7-3)8-4;/h11-18H,5-10H2,1-4H3;/q;+2. The Kier molecular flexibility index (Phi) is 8.22. The average Bonchev–Trinajstić information content (AvgIpc) is 2.68. The van der Waals surface area contributed by atoms with Crippen LogP contribution in [0.5, 0.6) is 0 Å². The van der Waals surface area contributed by atoms with Gasteiger partial charge < -0.3 is 0 Å². The summed E-state index contributed by atoms with van der Waals surface area (Å²) < 4.78 is 1.52. The van der Waals surface area contributed by atoms with E-state index in [0.29, 0.717) is 0 Å². The van der Waals surface area contributed by atoms with Crippen LogP contribution in [-0.4, -0.2) is 11.3 Å². The van der Waals surface area contributed by atoms with Crippen LogP contribution in [0.2, 0.25) is 18.1 Å². The molecule has 25 heavy (non-hydrogen) atoms. The fourth-order valence-corrected chi connectivity index (χ4v) is 8.53. The monoisotopic (exact) mass is 516 g/mol. The molecule has 0 fully saturated rings. The number of benzene rings is 2. The SMILES string of the molecule is CCCCc1ccc([C](=[Hf+2])c2ccc([Si](CC)(CC)CC)cc2)cc1. The first-order valence-electron chi connectivity index (χ1n) is 9.89. The molecule has 0 unspecified atom stereocenters. The van der Waals surface area contributed by atoms with Gasteiger partial charge in [-0.1, -0.05) is 0 Å². The minimum atomic E-state index is -1.25. The third-order valence-electron chi connectivity index (χ3n) is 5.88. The van der Waals surface area contributed by atoms with Crippen LogP contribution >= 0.6 is 0 Å². The summed E-state index contributed by atoms with van der Waals surface area (Å²) in [5.74, 6) is 0. The van der Waals surface area contributed by atoms with Gasteiger partial charge in [0.05, 0.1) is 0 Å². The zero-order valence-corrected chi connectivity index (χ0v) is 21.0. The molecule has 0 bridgehead atoms. The minimum absolute atomic E-state index is 1.08. The molecule has 2 rings (SSSR count). The molecule has 0 aliphatic rings. The van der Waals surface area contributed by atoms with Crippen LogP contribution in [0.3, 0.4) is 0 Å². The van der Waals surface area contributed by atoms with Crippen LogP contribution in [0.25, 0.3) is 0 Å². The van der Waals surface area contributed by atoms with Crippen molar-refractivity contribution in [1.29, 1.82) is 0 Å². The second kappa shape index (κ2) is 9.92. The predicted octanol–water partition coefficient (Wildman–Crippen LogP) is 5.86. The molecular weight excluding hydrogens is 483 g/mol. The fourth-order valence-electron chi connectivity index (χ4n) is 3.74. The first-order valence-corrected chi connectivity index (χ1v) is 14.3. The van der Waals surface area contributed by atoms with Crippen molar-refractivity contribution in [2.75, 3.05) is 0 Å². The number of hydrogen-bond acceptors (Lipinski definition) is 0. The van der Waals surface area contributed by atoms with Crippen LogP contribution in [0, 0.1) is 0 Å². The molecule has 0 heterocycles. The van der Waals surface area contributed by atoms with Crippen molar-refractivity contribution in [1.82, 2.24) is 0 Å². The van der Waals surface area contributed by atoms with Gasteiger partial charge in [0.1, 0.15) is 0 Å². The van der Waals surface area contributed by atoms with E-state index >= 15 is 0 Å². The van der Waals surface area contributed by atoms with Crippen molar-refractivity contribution in [3.63, 3.8) is 0 Å². The normalized spacial score (nSPS) is 11.6. The summed E-state index contributed by atoms with van der Waals surface area (Å²) in [6.45, 7) is 9.42. The second-order valence-corrected chi connectivity index (χ2v) is 14.1. The van der Waals surface area contributed by atoms with E-state index in [4.69, 9.17) is 0 Å². The Balaban J connectivity index is 2.17. The molecule has 2 aromatic rings. The van der Waals surface area contributed by atoms with Crippen LogP contribution in [0.1, 0.15) is 57.2 Å². The quantitative estimate of drug-likeness (QED) is 0.368. The summed E-state index contributed by atoms with van der Waals surface area (Å²) in [6, 6.07) is 23.0. The molecule has 0 saturated carbocycles. The van der Waals surface area contributed by atoms with Gasteiger partial charge in [0.15, 0.2) is 0 Å². The number of unbranched alkanes of at least 4 members (excludes halogenated alkanes) is 1. The van der Waals surface area contributed by atoms with Crippen molar-refractivity contribution in [3.8, 4) is 0 Å². The van der Waals surface area contributed by atoms with Gasteiger partial charge in [0.25, 0.3) is 0 Å². The molecule has 130 valence electrons. The van der Waals surface area contributed by atoms with Crippen LogP contribution in [0.15, 0.2) is 48.5 Å². The Morgan fingerprint density at radius 2 is 1.24 bits per heavy atom. The van der Waals surface area contributed by atoms with Crippen molar-refractivity contribution in [2.45, 2.75) is 65.1 Å². The molecule has 2 heteroatoms. The molecule has 0 N–H and O–H groups in total. The summed E-state index contributed by atoms with van der Waals surface area (Å²) in [7, 11) is -1.25. The van der Waals surface area contributed by atoms with Crippen LogP contribution in [-0.2, 0) is 30.3 Å². The predicted molar refractivity (Wildman–Crippen MR) is 112 cm³/mol. The number of rotatable bonds is 9. The molecule has 0 amide bonds. The Labute approximate surface area is 170 Å². The third kappa shape index (κ3) is 4.98. The molecule has 0 aliphatic carbocycles. The van der Waals surface area contributed by atoms with E-state index in [1.165, 1.54) is 57.3 Å². The maximum atomic E-state index is 2.44. The molecule has 0 spiro atoms. The molecule has 0 radical (unpaired) electrons. The van der Waals surface area contributed by atoms with E-state index in [1.807, 2.05) is 0 Å². The van der Waals surface area contributed by atoms with Gasteiger partial charge in [-0.05, 0) is 0 Å². The Hall–Kier alpha value is -0.603. The molecule has 0 aliphatic heterocycles. The van der Waals surface area contributed by atoms with Gasteiger partial charge in [0, 0.05) is 0 Å². The van der Waals surface area contributed by atoms with Crippen molar-refractivity contribution in [3.05, 3.63) is 65.2 Å². The zero-order chi connectivity index (χ0) is 18.3. The van der Waals surface area contributed by atoms with Gasteiger partial charge in [-0.15, -0.1) is 0 Å². The molecule has 0 saturated heterocycles. The van der Waals surface area contributed by atoms with E-state index < -0.39 is 8.07 Å². The number of hydrogen-bond donors (Lipinski definition) is 0.